The van der Waals surface area contributed by atoms with E-state index in [4.69, 9.17) is 16.0 Å². The van der Waals surface area contributed by atoms with Crippen LogP contribution in [0.2, 0.25) is 5.15 Å². The van der Waals surface area contributed by atoms with Crippen LogP contribution in [0.1, 0.15) is 24.2 Å². The quantitative estimate of drug-likeness (QED) is 0.773. The molecule has 1 saturated carbocycles. The number of furan rings is 1. The molecule has 3 rings (SSSR count). The number of nitrogens with zero attached hydrogens (tertiary/aromatic N) is 2. The van der Waals surface area contributed by atoms with Crippen molar-refractivity contribution in [2.45, 2.75) is 32.0 Å². The standard InChI is InChI=1S/C14H15ClN2O/c15-14-8-11(5-6-16-14)9-17(12-3-4-12)10-13-2-1-7-18-13/h1-2,5-8,12H,3-4,9-10H2. The van der Waals surface area contributed by atoms with Crippen LogP contribution in [0.4, 0.5) is 0 Å². The molecule has 0 unspecified atom stereocenters. The number of hydrogen-bond acceptors (Lipinski definition) is 3. The maximum Gasteiger partial charge on any atom is 0.129 e. The molecular weight excluding hydrogens is 248 g/mol. The molecule has 2 aromatic rings. The van der Waals surface area contributed by atoms with Crippen molar-refractivity contribution in [2.75, 3.05) is 0 Å². The molecule has 1 fully saturated rings. The van der Waals surface area contributed by atoms with Gasteiger partial charge in [-0.2, -0.15) is 0 Å². The van der Waals surface area contributed by atoms with Gasteiger partial charge in [-0.05, 0) is 42.7 Å². The zero-order valence-electron chi connectivity index (χ0n) is 10.1. The van der Waals surface area contributed by atoms with Crippen LogP contribution in [0.25, 0.3) is 0 Å². The highest BCUT2D eigenvalue weighted by atomic mass is 35.5. The zero-order valence-corrected chi connectivity index (χ0v) is 10.8. The maximum absolute atomic E-state index is 5.92. The van der Waals surface area contributed by atoms with E-state index in [9.17, 15) is 0 Å². The van der Waals surface area contributed by atoms with Gasteiger partial charge in [0.25, 0.3) is 0 Å². The van der Waals surface area contributed by atoms with Crippen molar-refractivity contribution in [3.63, 3.8) is 0 Å². The zero-order chi connectivity index (χ0) is 12.4. The van der Waals surface area contributed by atoms with E-state index in [1.807, 2.05) is 24.3 Å². The lowest BCUT2D eigenvalue weighted by molar-refractivity contribution is 0.225. The second-order valence-corrected chi connectivity index (χ2v) is 5.09. The highest BCUT2D eigenvalue weighted by molar-refractivity contribution is 6.29. The minimum absolute atomic E-state index is 0.557. The van der Waals surface area contributed by atoms with Crippen LogP contribution in [0.3, 0.4) is 0 Å². The molecule has 3 nitrogen and oxygen atoms in total. The van der Waals surface area contributed by atoms with Crippen LogP contribution in [-0.2, 0) is 13.1 Å². The molecule has 0 aromatic carbocycles. The first-order valence-electron chi connectivity index (χ1n) is 6.18. The Labute approximate surface area is 111 Å². The van der Waals surface area contributed by atoms with E-state index in [2.05, 4.69) is 9.88 Å². The Bertz CT molecular complexity index is 508. The molecule has 4 heteroatoms. The highest BCUT2D eigenvalue weighted by Gasteiger charge is 2.29. The Morgan fingerprint density at radius 3 is 2.89 bits per heavy atom. The van der Waals surface area contributed by atoms with Gasteiger partial charge in [0.15, 0.2) is 0 Å². The van der Waals surface area contributed by atoms with E-state index >= 15 is 0 Å². The Hall–Kier alpha value is -1.32. The lowest BCUT2D eigenvalue weighted by atomic mass is 10.2. The molecule has 2 heterocycles. The third-order valence-electron chi connectivity index (χ3n) is 3.18. The fourth-order valence-electron chi connectivity index (χ4n) is 2.13. The monoisotopic (exact) mass is 262 g/mol. The van der Waals surface area contributed by atoms with E-state index in [1.54, 1.807) is 12.5 Å². The molecule has 0 atom stereocenters. The topological polar surface area (TPSA) is 29.3 Å². The summed E-state index contributed by atoms with van der Waals surface area (Å²) in [6, 6.07) is 8.59. The molecule has 0 saturated heterocycles. The lowest BCUT2D eigenvalue weighted by Gasteiger charge is -2.20. The molecule has 0 amide bonds. The normalized spacial score (nSPS) is 15.2. The van der Waals surface area contributed by atoms with Crippen molar-refractivity contribution in [1.29, 1.82) is 0 Å². The van der Waals surface area contributed by atoms with Crippen LogP contribution in [0.5, 0.6) is 0 Å². The van der Waals surface area contributed by atoms with E-state index in [0.29, 0.717) is 11.2 Å². The lowest BCUT2D eigenvalue weighted by Crippen LogP contribution is -2.24. The first-order valence-corrected chi connectivity index (χ1v) is 6.56. The Kier molecular flexibility index (Phi) is 3.35. The fourth-order valence-corrected chi connectivity index (χ4v) is 2.33. The highest BCUT2D eigenvalue weighted by Crippen LogP contribution is 2.30. The van der Waals surface area contributed by atoms with Gasteiger partial charge in [-0.1, -0.05) is 11.6 Å². The summed E-state index contributed by atoms with van der Waals surface area (Å²) in [4.78, 5) is 6.45. The first kappa shape index (κ1) is 11.8. The fraction of sp³-hybridized carbons (Fsp3) is 0.357. The largest absolute Gasteiger partial charge is 0.468 e. The predicted molar refractivity (Wildman–Crippen MR) is 70.2 cm³/mol. The van der Waals surface area contributed by atoms with Gasteiger partial charge in [0, 0.05) is 18.8 Å². The Balaban J connectivity index is 1.70. The van der Waals surface area contributed by atoms with Crippen molar-refractivity contribution >= 4 is 11.6 Å². The third kappa shape index (κ3) is 2.92. The van der Waals surface area contributed by atoms with Crippen molar-refractivity contribution in [3.05, 3.63) is 53.2 Å². The number of rotatable bonds is 5. The van der Waals surface area contributed by atoms with E-state index in [0.717, 1.165) is 18.8 Å². The molecule has 1 aliphatic rings. The Morgan fingerprint density at radius 2 is 2.22 bits per heavy atom. The molecule has 0 radical (unpaired) electrons. The van der Waals surface area contributed by atoms with Gasteiger partial charge < -0.3 is 4.42 Å². The van der Waals surface area contributed by atoms with Crippen molar-refractivity contribution < 1.29 is 4.42 Å². The summed E-state index contributed by atoms with van der Waals surface area (Å²) in [5, 5.41) is 0.557. The van der Waals surface area contributed by atoms with Crippen LogP contribution in [0.15, 0.2) is 41.1 Å². The molecule has 2 aromatic heterocycles. The number of aromatic nitrogens is 1. The average Bonchev–Trinajstić information content (AvgIpc) is 3.08. The molecule has 0 spiro atoms. The molecule has 0 aliphatic heterocycles. The summed E-state index contributed by atoms with van der Waals surface area (Å²) < 4.78 is 5.42. The number of hydrogen-bond donors (Lipinski definition) is 0. The van der Waals surface area contributed by atoms with Crippen molar-refractivity contribution in [3.8, 4) is 0 Å². The number of halogens is 1. The minimum atomic E-state index is 0.557. The average molecular weight is 263 g/mol. The Morgan fingerprint density at radius 1 is 1.33 bits per heavy atom. The summed E-state index contributed by atoms with van der Waals surface area (Å²) in [6.45, 7) is 1.76. The molecule has 94 valence electrons. The molecule has 0 bridgehead atoms. The second-order valence-electron chi connectivity index (χ2n) is 4.70. The second kappa shape index (κ2) is 5.12. The SMILES string of the molecule is Clc1cc(CN(Cc2ccco2)C2CC2)ccn1. The molecule has 18 heavy (non-hydrogen) atoms. The van der Waals surface area contributed by atoms with Crippen LogP contribution in [0, 0.1) is 0 Å². The van der Waals surface area contributed by atoms with Gasteiger partial charge in [-0.3, -0.25) is 4.90 Å². The number of pyridine rings is 1. The summed E-state index contributed by atoms with van der Waals surface area (Å²) in [7, 11) is 0. The molecule has 1 aliphatic carbocycles. The molecule has 0 N–H and O–H groups in total. The minimum Gasteiger partial charge on any atom is -0.468 e. The van der Waals surface area contributed by atoms with Crippen molar-refractivity contribution in [1.82, 2.24) is 9.88 Å². The predicted octanol–water partition coefficient (Wildman–Crippen LogP) is 3.49. The summed E-state index contributed by atoms with van der Waals surface area (Å²) in [6.07, 6.45) is 6.04. The van der Waals surface area contributed by atoms with Crippen LogP contribution < -0.4 is 0 Å². The third-order valence-corrected chi connectivity index (χ3v) is 3.39. The van der Waals surface area contributed by atoms with Gasteiger partial charge >= 0.3 is 0 Å². The van der Waals surface area contributed by atoms with Crippen molar-refractivity contribution in [2.24, 2.45) is 0 Å². The van der Waals surface area contributed by atoms with E-state index < -0.39 is 0 Å². The smallest absolute Gasteiger partial charge is 0.129 e. The molecular formula is C14H15ClN2O. The van der Waals surface area contributed by atoms with Gasteiger partial charge in [-0.15, -0.1) is 0 Å². The van der Waals surface area contributed by atoms with E-state index in [1.165, 1.54) is 18.4 Å². The summed E-state index contributed by atoms with van der Waals surface area (Å²) >= 11 is 5.92. The first-order chi connectivity index (χ1) is 8.81. The van der Waals surface area contributed by atoms with Crippen LogP contribution in [-0.4, -0.2) is 15.9 Å². The summed E-state index contributed by atoms with van der Waals surface area (Å²) in [5.41, 5.74) is 1.20. The van der Waals surface area contributed by atoms with Gasteiger partial charge in [0.2, 0.25) is 0 Å². The van der Waals surface area contributed by atoms with E-state index in [-0.39, 0.29) is 0 Å². The maximum atomic E-state index is 5.92. The van der Waals surface area contributed by atoms with Crippen LogP contribution >= 0.6 is 11.6 Å². The van der Waals surface area contributed by atoms with Gasteiger partial charge in [0.1, 0.15) is 10.9 Å². The summed E-state index contributed by atoms with van der Waals surface area (Å²) in [5.74, 6) is 1.02. The van der Waals surface area contributed by atoms with Gasteiger partial charge in [0.05, 0.1) is 12.8 Å². The van der Waals surface area contributed by atoms with Gasteiger partial charge in [-0.25, -0.2) is 4.98 Å².